The molecule has 1 rings (SSSR count). The van der Waals surface area contributed by atoms with E-state index in [0.717, 1.165) is 5.56 Å². The highest BCUT2D eigenvalue weighted by atomic mass is 16.4. The highest BCUT2D eigenvalue weighted by Crippen LogP contribution is 2.13. The number of hydrogen-bond acceptors (Lipinski definition) is 1. The summed E-state index contributed by atoms with van der Waals surface area (Å²) in [5, 5.41) is 17.8. The van der Waals surface area contributed by atoms with Crippen molar-refractivity contribution in [3.05, 3.63) is 48.6 Å². The lowest BCUT2D eigenvalue weighted by Gasteiger charge is -2.04. The van der Waals surface area contributed by atoms with E-state index < -0.39 is 11.9 Å². The van der Waals surface area contributed by atoms with Gasteiger partial charge in [-0.25, -0.2) is 5.11 Å². The van der Waals surface area contributed by atoms with Crippen molar-refractivity contribution >= 4 is 5.97 Å². The van der Waals surface area contributed by atoms with Crippen LogP contribution in [0.25, 0.3) is 0 Å². The maximum absolute atomic E-state index is 10.5. The van der Waals surface area contributed by atoms with E-state index in [9.17, 15) is 9.90 Å². The van der Waals surface area contributed by atoms with Crippen LogP contribution in [-0.4, -0.2) is 17.7 Å². The smallest absolute Gasteiger partial charge is 0.310 e. The molecule has 0 aromatic heterocycles. The van der Waals surface area contributed by atoms with Crippen molar-refractivity contribution in [1.82, 2.24) is 0 Å². The van der Waals surface area contributed by atoms with Gasteiger partial charge in [-0.2, -0.15) is 0 Å². The highest BCUT2D eigenvalue weighted by molar-refractivity contribution is 5.75. The van der Waals surface area contributed by atoms with Gasteiger partial charge in [0.25, 0.3) is 0 Å². The molecule has 0 aliphatic heterocycles. The number of rotatable bonds is 3. The molecule has 15 heavy (non-hydrogen) atoms. The number of hydrogen-bond donors (Lipinski definition) is 1. The molecule has 0 bridgehead atoms. The lowest BCUT2D eigenvalue weighted by atomic mass is 10.0. The third-order valence-electron chi connectivity index (χ3n) is 1.79. The van der Waals surface area contributed by atoms with Gasteiger partial charge >= 0.3 is 5.97 Å². The fraction of sp³-hybridized carbons (Fsp3) is 0.250. The summed E-state index contributed by atoms with van der Waals surface area (Å²) in [7, 11) is 0. The van der Waals surface area contributed by atoms with E-state index in [1.807, 2.05) is 30.3 Å². The zero-order valence-electron chi connectivity index (χ0n) is 8.72. The van der Waals surface area contributed by atoms with Crippen LogP contribution in [0.3, 0.4) is 0 Å². The first-order chi connectivity index (χ1) is 7.13. The molecule has 1 N–H and O–H groups in total. The minimum absolute atomic E-state index is 0.167. The van der Waals surface area contributed by atoms with E-state index in [0.29, 0.717) is 0 Å². The van der Waals surface area contributed by atoms with Gasteiger partial charge in [0, 0.05) is 0 Å². The van der Waals surface area contributed by atoms with Crippen LogP contribution in [0.5, 0.6) is 0 Å². The monoisotopic (exact) mass is 207 g/mol. The molecule has 0 fully saturated rings. The molecule has 0 heterocycles. The Morgan fingerprint density at radius 1 is 1.47 bits per heavy atom. The van der Waals surface area contributed by atoms with Crippen molar-refractivity contribution in [1.29, 1.82) is 0 Å². The fourth-order valence-corrected chi connectivity index (χ4v) is 0.884. The summed E-state index contributed by atoms with van der Waals surface area (Å²) in [4.78, 5) is 10.5. The first-order valence-corrected chi connectivity index (χ1v) is 4.60. The topological polar surface area (TPSA) is 57.2 Å². The van der Waals surface area contributed by atoms with Crippen LogP contribution < -0.4 is 0 Å². The summed E-state index contributed by atoms with van der Waals surface area (Å²) in [6.45, 7) is 4.68. The number of carbonyl (C=O) groups is 1. The predicted molar refractivity (Wildman–Crippen MR) is 58.2 cm³/mol. The van der Waals surface area contributed by atoms with Crippen molar-refractivity contribution in [3.63, 3.8) is 0 Å². The molecule has 0 aliphatic carbocycles. The Hall–Kier alpha value is -1.61. The maximum atomic E-state index is 10.5. The Morgan fingerprint density at radius 3 is 2.27 bits per heavy atom. The van der Waals surface area contributed by atoms with Gasteiger partial charge < -0.3 is 5.11 Å². The minimum Gasteiger partial charge on any atom is -0.481 e. The normalized spacial score (nSPS) is 10.8. The second kappa shape index (κ2) is 7.76. The Bertz CT molecular complexity index is 293. The zero-order valence-corrected chi connectivity index (χ0v) is 8.72. The summed E-state index contributed by atoms with van der Waals surface area (Å²) >= 11 is 0. The van der Waals surface area contributed by atoms with Crippen LogP contribution in [0, 0.1) is 0 Å². The Kier molecular flexibility index (Phi) is 6.93. The van der Waals surface area contributed by atoms with Crippen LogP contribution in [0.1, 0.15) is 18.4 Å². The second-order valence-electron chi connectivity index (χ2n) is 2.93. The van der Waals surface area contributed by atoms with Gasteiger partial charge in [0.15, 0.2) is 0 Å². The van der Waals surface area contributed by atoms with E-state index in [1.54, 1.807) is 6.92 Å². The first-order valence-electron chi connectivity index (χ1n) is 4.60. The molecule has 3 nitrogen and oxygen atoms in total. The third kappa shape index (κ3) is 5.65. The molecule has 0 aliphatic rings. The summed E-state index contributed by atoms with van der Waals surface area (Å²) in [6, 6.07) is 9.19. The molecule has 1 aromatic rings. The first kappa shape index (κ1) is 13.4. The lowest BCUT2D eigenvalue weighted by Crippen LogP contribution is -2.06. The number of aliphatic carboxylic acids is 1. The van der Waals surface area contributed by atoms with Crippen LogP contribution in [-0.2, 0) is 9.90 Å². The number of carboxylic acids is 1. The zero-order chi connectivity index (χ0) is 11.7. The Labute approximate surface area is 89.7 Å². The predicted octanol–water partition coefficient (Wildman–Crippen LogP) is 2.48. The molecule has 1 unspecified atom stereocenters. The third-order valence-corrected chi connectivity index (χ3v) is 1.79. The summed E-state index contributed by atoms with van der Waals surface area (Å²) in [5.74, 6) is -1.19. The molecule has 1 atom stereocenters. The maximum Gasteiger partial charge on any atom is 0.310 e. The average molecular weight is 207 g/mol. The molecule has 0 spiro atoms. The summed E-state index contributed by atoms with van der Waals surface area (Å²) in [6.07, 6.45) is 1.32. The molecular weight excluding hydrogens is 192 g/mol. The van der Waals surface area contributed by atoms with Crippen molar-refractivity contribution in [2.75, 3.05) is 6.61 Å². The van der Waals surface area contributed by atoms with Crippen LogP contribution >= 0.6 is 0 Å². The minimum atomic E-state index is -0.781. The van der Waals surface area contributed by atoms with E-state index >= 15 is 0 Å². The molecule has 81 valence electrons. The van der Waals surface area contributed by atoms with Gasteiger partial charge in [-0.05, 0) is 12.5 Å². The molecule has 1 aromatic carbocycles. The highest BCUT2D eigenvalue weighted by Gasteiger charge is 2.11. The Balaban J connectivity index is 0.000000423. The van der Waals surface area contributed by atoms with Gasteiger partial charge in [0.05, 0.1) is 5.92 Å². The number of benzene rings is 1. The van der Waals surface area contributed by atoms with E-state index in [1.165, 1.54) is 6.08 Å². The molecule has 3 heteroatoms. The fourth-order valence-electron chi connectivity index (χ4n) is 0.884. The second-order valence-corrected chi connectivity index (χ2v) is 2.93. The number of carboxylic acid groups (broad SMARTS) is 1. The van der Waals surface area contributed by atoms with Crippen molar-refractivity contribution < 1.29 is 15.0 Å². The molecule has 0 saturated heterocycles. The standard InChI is InChI=1S/C9H10O2.C3H5O/c1-7(9(10)11)8-5-3-2-4-6-8;1-2-3-4/h2-7H,1H3,(H,10,11);2H,1,3H2. The van der Waals surface area contributed by atoms with E-state index in [2.05, 4.69) is 6.58 Å². The van der Waals surface area contributed by atoms with Crippen molar-refractivity contribution in [2.45, 2.75) is 12.8 Å². The summed E-state index contributed by atoms with van der Waals surface area (Å²) in [5.41, 5.74) is 0.847. The van der Waals surface area contributed by atoms with Crippen molar-refractivity contribution in [2.24, 2.45) is 0 Å². The van der Waals surface area contributed by atoms with E-state index in [-0.39, 0.29) is 6.61 Å². The van der Waals surface area contributed by atoms with Gasteiger partial charge in [-0.3, -0.25) is 4.79 Å². The quantitative estimate of drug-likeness (QED) is 0.774. The molecule has 0 amide bonds. The van der Waals surface area contributed by atoms with Crippen molar-refractivity contribution in [3.8, 4) is 0 Å². The average Bonchev–Trinajstić information content (AvgIpc) is 2.29. The van der Waals surface area contributed by atoms with Gasteiger partial charge in [-0.1, -0.05) is 36.4 Å². The van der Waals surface area contributed by atoms with Crippen LogP contribution in [0.4, 0.5) is 0 Å². The van der Waals surface area contributed by atoms with Crippen LogP contribution in [0.2, 0.25) is 0 Å². The lowest BCUT2D eigenvalue weighted by molar-refractivity contribution is -0.138. The SMILES string of the molecule is C=CC[O].CC(C(=O)O)c1ccccc1. The van der Waals surface area contributed by atoms with Gasteiger partial charge in [0.1, 0.15) is 6.61 Å². The van der Waals surface area contributed by atoms with E-state index in [4.69, 9.17) is 5.11 Å². The molecular formula is C12H15O3. The van der Waals surface area contributed by atoms with Crippen LogP contribution in [0.15, 0.2) is 43.0 Å². The molecule has 1 radical (unpaired) electrons. The van der Waals surface area contributed by atoms with Gasteiger partial charge in [-0.15, -0.1) is 6.58 Å². The molecule has 0 saturated carbocycles. The summed E-state index contributed by atoms with van der Waals surface area (Å²) < 4.78 is 0. The Morgan fingerprint density at radius 2 is 1.93 bits per heavy atom. The van der Waals surface area contributed by atoms with Gasteiger partial charge in [0.2, 0.25) is 0 Å². The largest absolute Gasteiger partial charge is 0.481 e.